The quantitative estimate of drug-likeness (QED) is 0.683. The highest BCUT2D eigenvalue weighted by Crippen LogP contribution is 2.51. The van der Waals surface area contributed by atoms with Gasteiger partial charge in [-0.1, -0.05) is 30.3 Å². The van der Waals surface area contributed by atoms with Crippen LogP contribution in [0.5, 0.6) is 0 Å². The van der Waals surface area contributed by atoms with E-state index in [1.54, 1.807) is 0 Å². The van der Waals surface area contributed by atoms with Gasteiger partial charge in [-0.25, -0.2) is 0 Å². The Morgan fingerprint density at radius 2 is 2.13 bits per heavy atom. The third-order valence-corrected chi connectivity index (χ3v) is 2.70. The van der Waals surface area contributed by atoms with Crippen molar-refractivity contribution in [1.82, 2.24) is 5.32 Å². The van der Waals surface area contributed by atoms with Crippen LogP contribution in [0.15, 0.2) is 30.3 Å². The number of morpholine rings is 1. The lowest BCUT2D eigenvalue weighted by atomic mass is 10.1. The first-order valence-electron chi connectivity index (χ1n) is 4.98. The van der Waals surface area contributed by atoms with Crippen LogP contribution in [0, 0.1) is 0 Å². The summed E-state index contributed by atoms with van der Waals surface area (Å²) in [7, 11) is 0. The van der Waals surface area contributed by atoms with Crippen molar-refractivity contribution in [2.45, 2.75) is 11.9 Å². The first-order chi connectivity index (χ1) is 7.33. The number of nitrogens with one attached hydrogen (secondary N) is 1. The number of hydrogen-bond acceptors (Lipinski definition) is 3. The highest BCUT2D eigenvalue weighted by atomic mass is 16.8. The molecule has 0 radical (unpaired) electrons. The van der Waals surface area contributed by atoms with E-state index in [0.717, 1.165) is 5.56 Å². The van der Waals surface area contributed by atoms with Gasteiger partial charge in [0.05, 0.1) is 6.61 Å². The summed E-state index contributed by atoms with van der Waals surface area (Å²) in [5.41, 5.74) is 0.981. The zero-order chi connectivity index (χ0) is 10.3. The normalized spacial score (nSPS) is 33.9. The fourth-order valence-electron chi connectivity index (χ4n) is 1.89. The number of amides is 1. The molecule has 2 heterocycles. The van der Waals surface area contributed by atoms with Gasteiger partial charge in [-0.15, -0.1) is 0 Å². The van der Waals surface area contributed by atoms with Gasteiger partial charge in [-0.2, -0.15) is 0 Å². The number of carbonyl (C=O) groups is 1. The smallest absolute Gasteiger partial charge is 0.283 e. The minimum atomic E-state index is -1.04. The molecule has 15 heavy (non-hydrogen) atoms. The van der Waals surface area contributed by atoms with Crippen LogP contribution in [-0.4, -0.2) is 24.8 Å². The minimum Gasteiger partial charge on any atom is -0.349 e. The van der Waals surface area contributed by atoms with Gasteiger partial charge in [-0.3, -0.25) is 4.79 Å². The first-order valence-corrected chi connectivity index (χ1v) is 4.98. The van der Waals surface area contributed by atoms with Crippen LogP contribution >= 0.6 is 0 Å². The zero-order valence-electron chi connectivity index (χ0n) is 8.10. The summed E-state index contributed by atoms with van der Waals surface area (Å²) in [5, 5.41) is 2.75. The van der Waals surface area contributed by atoms with Crippen LogP contribution in [0.25, 0.3) is 0 Å². The Bertz CT molecular complexity index is 392. The van der Waals surface area contributed by atoms with Gasteiger partial charge in [0.1, 0.15) is 0 Å². The summed E-state index contributed by atoms with van der Waals surface area (Å²) < 4.78 is 10.8. The monoisotopic (exact) mass is 205 g/mol. The summed E-state index contributed by atoms with van der Waals surface area (Å²) in [6.45, 7) is 1.07. The van der Waals surface area contributed by atoms with Gasteiger partial charge in [0, 0.05) is 6.54 Å². The Labute approximate surface area is 87.2 Å². The molecule has 1 aromatic carbocycles. The average Bonchev–Trinajstić information content (AvgIpc) is 3.00. The lowest BCUT2D eigenvalue weighted by Gasteiger charge is -2.19. The molecule has 2 saturated heterocycles. The Hall–Kier alpha value is -1.39. The van der Waals surface area contributed by atoms with Crippen LogP contribution in [0.1, 0.15) is 11.7 Å². The maximum atomic E-state index is 11.6. The molecule has 3 rings (SSSR count). The van der Waals surface area contributed by atoms with Gasteiger partial charge in [0.15, 0.2) is 6.10 Å². The number of ether oxygens (including phenoxy) is 2. The third kappa shape index (κ3) is 1.26. The van der Waals surface area contributed by atoms with Crippen LogP contribution in [0.4, 0.5) is 0 Å². The Balaban J connectivity index is 1.85. The van der Waals surface area contributed by atoms with E-state index in [-0.39, 0.29) is 12.0 Å². The molecule has 78 valence electrons. The highest BCUT2D eigenvalue weighted by Gasteiger charge is 2.66. The fraction of sp³-hybridized carbons (Fsp3) is 0.364. The van der Waals surface area contributed by atoms with Gasteiger partial charge < -0.3 is 14.8 Å². The topological polar surface area (TPSA) is 50.9 Å². The average molecular weight is 205 g/mol. The van der Waals surface area contributed by atoms with Crippen molar-refractivity contribution in [2.24, 2.45) is 0 Å². The third-order valence-electron chi connectivity index (χ3n) is 2.70. The molecule has 0 aliphatic carbocycles. The molecule has 1 aromatic rings. The second kappa shape index (κ2) is 3.05. The van der Waals surface area contributed by atoms with E-state index in [9.17, 15) is 4.79 Å². The van der Waals surface area contributed by atoms with E-state index in [0.29, 0.717) is 13.2 Å². The summed E-state index contributed by atoms with van der Waals surface area (Å²) in [4.78, 5) is 11.6. The summed E-state index contributed by atoms with van der Waals surface area (Å²) in [6, 6.07) is 9.65. The van der Waals surface area contributed by atoms with Crippen molar-refractivity contribution in [3.63, 3.8) is 0 Å². The molecule has 1 spiro atoms. The van der Waals surface area contributed by atoms with E-state index in [4.69, 9.17) is 9.47 Å². The van der Waals surface area contributed by atoms with Crippen molar-refractivity contribution in [2.75, 3.05) is 13.2 Å². The van der Waals surface area contributed by atoms with Crippen LogP contribution in [0.2, 0.25) is 0 Å². The molecule has 2 aliphatic heterocycles. The summed E-state index contributed by atoms with van der Waals surface area (Å²) in [6.07, 6.45) is -0.251. The van der Waals surface area contributed by atoms with Crippen molar-refractivity contribution < 1.29 is 14.3 Å². The summed E-state index contributed by atoms with van der Waals surface area (Å²) >= 11 is 0. The van der Waals surface area contributed by atoms with E-state index < -0.39 is 5.79 Å². The molecule has 2 aliphatic rings. The van der Waals surface area contributed by atoms with Crippen LogP contribution in [-0.2, 0) is 14.3 Å². The molecule has 4 heteroatoms. The summed E-state index contributed by atoms with van der Waals surface area (Å²) in [5.74, 6) is -1.21. The maximum Gasteiger partial charge on any atom is 0.283 e. The molecule has 4 nitrogen and oxygen atoms in total. The molecular weight excluding hydrogens is 194 g/mol. The SMILES string of the molecule is O=C1NCCOC12OC2c1ccccc1. The zero-order valence-corrected chi connectivity index (χ0v) is 8.10. The van der Waals surface area contributed by atoms with Crippen molar-refractivity contribution in [3.8, 4) is 0 Å². The van der Waals surface area contributed by atoms with Crippen LogP contribution < -0.4 is 5.32 Å². The van der Waals surface area contributed by atoms with Gasteiger partial charge >= 0.3 is 0 Å². The number of hydrogen-bond donors (Lipinski definition) is 1. The number of epoxide rings is 1. The van der Waals surface area contributed by atoms with E-state index in [1.807, 2.05) is 30.3 Å². The van der Waals surface area contributed by atoms with E-state index in [1.165, 1.54) is 0 Å². The molecule has 0 bridgehead atoms. The molecule has 0 saturated carbocycles. The Kier molecular flexibility index (Phi) is 1.81. The number of benzene rings is 1. The van der Waals surface area contributed by atoms with Gasteiger partial charge in [0.2, 0.25) is 0 Å². The molecule has 1 N–H and O–H groups in total. The standard InChI is InChI=1S/C11H11NO3/c13-10-11(14-7-6-12-10)9(15-11)8-4-2-1-3-5-8/h1-5,9H,6-7H2,(H,12,13). The van der Waals surface area contributed by atoms with E-state index >= 15 is 0 Å². The number of rotatable bonds is 1. The second-order valence-electron chi connectivity index (χ2n) is 3.68. The molecule has 0 aromatic heterocycles. The predicted molar refractivity (Wildman–Crippen MR) is 52.0 cm³/mol. The molecule has 2 unspecified atom stereocenters. The Morgan fingerprint density at radius 1 is 1.33 bits per heavy atom. The largest absolute Gasteiger partial charge is 0.349 e. The van der Waals surface area contributed by atoms with Gasteiger partial charge in [-0.05, 0) is 5.56 Å². The highest BCUT2D eigenvalue weighted by molar-refractivity contribution is 5.87. The van der Waals surface area contributed by atoms with Gasteiger partial charge in [0.25, 0.3) is 11.7 Å². The van der Waals surface area contributed by atoms with Crippen LogP contribution in [0.3, 0.4) is 0 Å². The molecule has 2 atom stereocenters. The molecular formula is C11H11NO3. The second-order valence-corrected chi connectivity index (χ2v) is 3.68. The van der Waals surface area contributed by atoms with Crippen molar-refractivity contribution >= 4 is 5.91 Å². The predicted octanol–water partition coefficient (Wildman–Crippen LogP) is 0.601. The lowest BCUT2D eigenvalue weighted by molar-refractivity contribution is -0.153. The maximum absolute atomic E-state index is 11.6. The lowest BCUT2D eigenvalue weighted by Crippen LogP contribution is -2.47. The Morgan fingerprint density at radius 3 is 2.87 bits per heavy atom. The first kappa shape index (κ1) is 8.88. The minimum absolute atomic E-state index is 0.164. The molecule has 2 fully saturated rings. The fourth-order valence-corrected chi connectivity index (χ4v) is 1.89. The van der Waals surface area contributed by atoms with E-state index in [2.05, 4.69) is 5.32 Å². The van der Waals surface area contributed by atoms with Crippen molar-refractivity contribution in [3.05, 3.63) is 35.9 Å². The number of carbonyl (C=O) groups excluding carboxylic acids is 1. The molecule has 1 amide bonds. The van der Waals surface area contributed by atoms with Crippen molar-refractivity contribution in [1.29, 1.82) is 0 Å².